The molecule has 6 heteroatoms. The van der Waals surface area contributed by atoms with Gasteiger partial charge in [-0.2, -0.15) is 0 Å². The van der Waals surface area contributed by atoms with Crippen LogP contribution in [0, 0.1) is 0 Å². The average molecular weight is 891 g/mol. The Labute approximate surface area is 396 Å². The zero-order valence-corrected chi connectivity index (χ0v) is 40.7. The lowest BCUT2D eigenvalue weighted by atomic mass is 10.1. The first-order chi connectivity index (χ1) is 32.0. The van der Waals surface area contributed by atoms with E-state index in [0.29, 0.717) is 6.42 Å². The van der Waals surface area contributed by atoms with Gasteiger partial charge < -0.3 is 14.2 Å². The van der Waals surface area contributed by atoms with Crippen molar-refractivity contribution in [2.24, 2.45) is 0 Å². The fraction of sp³-hybridized carbons (Fsp3) is 0.475. The molecular weight excluding hydrogens is 805 g/mol. The van der Waals surface area contributed by atoms with Gasteiger partial charge in [0.2, 0.25) is 0 Å². The van der Waals surface area contributed by atoms with E-state index in [1.165, 1.54) is 12.8 Å². The molecule has 0 aromatic heterocycles. The number of carbonyl (C=O) groups excluding carboxylic acids is 3. The van der Waals surface area contributed by atoms with Crippen molar-refractivity contribution in [2.45, 2.75) is 168 Å². The number of allylic oxidation sites excluding steroid dienone is 27. The van der Waals surface area contributed by atoms with Gasteiger partial charge in [-0.1, -0.05) is 223 Å². The molecule has 0 bridgehead atoms. The van der Waals surface area contributed by atoms with Crippen molar-refractivity contribution in [3.05, 3.63) is 170 Å². The fourth-order valence-electron chi connectivity index (χ4n) is 5.83. The summed E-state index contributed by atoms with van der Waals surface area (Å²) < 4.78 is 16.6. The highest BCUT2D eigenvalue weighted by Crippen LogP contribution is 2.12. The molecule has 0 aliphatic carbocycles. The molecule has 1 atom stereocenters. The third kappa shape index (κ3) is 49.6. The Bertz CT molecular complexity index is 1590. The number of rotatable bonds is 41. The van der Waals surface area contributed by atoms with Crippen molar-refractivity contribution in [3.8, 4) is 0 Å². The van der Waals surface area contributed by atoms with Crippen molar-refractivity contribution in [1.29, 1.82) is 0 Å². The largest absolute Gasteiger partial charge is 0.462 e. The van der Waals surface area contributed by atoms with Gasteiger partial charge in [0.15, 0.2) is 6.10 Å². The van der Waals surface area contributed by atoms with E-state index in [0.717, 1.165) is 103 Å². The molecule has 1 unspecified atom stereocenters. The van der Waals surface area contributed by atoms with E-state index < -0.39 is 12.1 Å². The molecule has 0 aliphatic heterocycles. The minimum Gasteiger partial charge on any atom is -0.462 e. The highest BCUT2D eigenvalue weighted by molar-refractivity contribution is 5.72. The molecular formula is C59H86O6. The van der Waals surface area contributed by atoms with E-state index in [4.69, 9.17) is 14.2 Å². The number of ether oxygens (including phenoxy) is 3. The van der Waals surface area contributed by atoms with E-state index in [9.17, 15) is 14.4 Å². The lowest BCUT2D eigenvalue weighted by Gasteiger charge is -2.18. The van der Waals surface area contributed by atoms with Crippen LogP contribution in [-0.2, 0) is 28.6 Å². The molecule has 0 N–H and O–H groups in total. The second-order valence-corrected chi connectivity index (χ2v) is 15.4. The molecule has 0 heterocycles. The highest BCUT2D eigenvalue weighted by atomic mass is 16.6. The molecule has 358 valence electrons. The Morgan fingerprint density at radius 2 is 0.692 bits per heavy atom. The summed E-state index contributed by atoms with van der Waals surface area (Å²) in [6.07, 6.45) is 76.5. The SMILES string of the molecule is CC\C=C/C=C\C=C/C=C\C=C\C=C/C=C\CCCCCC(=O)OCC(COC(=O)C/C=C\C/C=C\C/C=C\CC)OC(=O)CCCCCCCC/C=C\C/C=C\C/C=C\C/C=C\CC. The van der Waals surface area contributed by atoms with Crippen LogP contribution in [0.4, 0.5) is 0 Å². The first kappa shape index (κ1) is 59.8. The zero-order valence-electron chi connectivity index (χ0n) is 40.7. The maximum absolute atomic E-state index is 12.8. The van der Waals surface area contributed by atoms with Crippen LogP contribution in [0.5, 0.6) is 0 Å². The molecule has 0 aromatic rings. The van der Waals surface area contributed by atoms with Gasteiger partial charge in [-0.25, -0.2) is 0 Å². The first-order valence-electron chi connectivity index (χ1n) is 24.7. The minimum atomic E-state index is -0.849. The van der Waals surface area contributed by atoms with Crippen LogP contribution < -0.4 is 0 Å². The van der Waals surface area contributed by atoms with Crippen LogP contribution in [-0.4, -0.2) is 37.2 Å². The van der Waals surface area contributed by atoms with Gasteiger partial charge in [0.1, 0.15) is 13.2 Å². The Morgan fingerprint density at radius 1 is 0.338 bits per heavy atom. The smallest absolute Gasteiger partial charge is 0.309 e. The number of hydrogen-bond donors (Lipinski definition) is 0. The minimum absolute atomic E-state index is 0.113. The number of esters is 3. The van der Waals surface area contributed by atoms with Crippen molar-refractivity contribution in [2.75, 3.05) is 13.2 Å². The second kappa shape index (κ2) is 51.4. The van der Waals surface area contributed by atoms with Crippen LogP contribution in [0.15, 0.2) is 170 Å². The van der Waals surface area contributed by atoms with E-state index in [1.54, 1.807) is 6.08 Å². The van der Waals surface area contributed by atoms with Gasteiger partial charge in [0.05, 0.1) is 6.42 Å². The quantitative estimate of drug-likeness (QED) is 0.0200. The molecule has 0 amide bonds. The van der Waals surface area contributed by atoms with Gasteiger partial charge in [-0.3, -0.25) is 14.4 Å². The van der Waals surface area contributed by atoms with Gasteiger partial charge in [-0.05, 0) is 89.9 Å². The van der Waals surface area contributed by atoms with Crippen LogP contribution >= 0.6 is 0 Å². The van der Waals surface area contributed by atoms with E-state index in [2.05, 4.69) is 106 Å². The average Bonchev–Trinajstić information content (AvgIpc) is 3.30. The monoisotopic (exact) mass is 891 g/mol. The number of hydrogen-bond acceptors (Lipinski definition) is 6. The normalized spacial score (nSPS) is 13.6. The second-order valence-electron chi connectivity index (χ2n) is 15.4. The van der Waals surface area contributed by atoms with Crippen molar-refractivity contribution < 1.29 is 28.6 Å². The number of carbonyl (C=O) groups is 3. The summed E-state index contributed by atoms with van der Waals surface area (Å²) in [5, 5.41) is 0. The summed E-state index contributed by atoms with van der Waals surface area (Å²) in [4.78, 5) is 37.8. The predicted molar refractivity (Wildman–Crippen MR) is 278 cm³/mol. The lowest BCUT2D eigenvalue weighted by Crippen LogP contribution is -2.30. The van der Waals surface area contributed by atoms with Crippen LogP contribution in [0.25, 0.3) is 0 Å². The van der Waals surface area contributed by atoms with Gasteiger partial charge in [0, 0.05) is 12.8 Å². The molecule has 0 fully saturated rings. The summed E-state index contributed by atoms with van der Waals surface area (Å²) in [5.74, 6) is -1.15. The summed E-state index contributed by atoms with van der Waals surface area (Å²) in [6.45, 7) is 6.07. The van der Waals surface area contributed by atoms with E-state index in [-0.39, 0.29) is 44.4 Å². The van der Waals surface area contributed by atoms with Gasteiger partial charge in [-0.15, -0.1) is 0 Å². The lowest BCUT2D eigenvalue weighted by molar-refractivity contribution is -0.166. The summed E-state index contributed by atoms with van der Waals surface area (Å²) in [6, 6.07) is 0. The Hall–Kier alpha value is -5.23. The topological polar surface area (TPSA) is 78.9 Å². The zero-order chi connectivity index (χ0) is 47.2. The molecule has 0 radical (unpaired) electrons. The number of unbranched alkanes of at least 4 members (excludes halogenated alkanes) is 9. The highest BCUT2D eigenvalue weighted by Gasteiger charge is 2.19. The fourth-order valence-corrected chi connectivity index (χ4v) is 5.83. The third-order valence-electron chi connectivity index (χ3n) is 9.43. The molecule has 6 nitrogen and oxygen atoms in total. The molecule has 0 aromatic carbocycles. The molecule has 0 spiro atoms. The summed E-state index contributed by atoms with van der Waals surface area (Å²) in [7, 11) is 0. The van der Waals surface area contributed by atoms with Crippen molar-refractivity contribution >= 4 is 17.9 Å². The van der Waals surface area contributed by atoms with Gasteiger partial charge in [0.25, 0.3) is 0 Å². The van der Waals surface area contributed by atoms with E-state index >= 15 is 0 Å². The third-order valence-corrected chi connectivity index (χ3v) is 9.43. The predicted octanol–water partition coefficient (Wildman–Crippen LogP) is 16.4. The molecule has 0 saturated carbocycles. The van der Waals surface area contributed by atoms with Crippen LogP contribution in [0.1, 0.15) is 162 Å². The van der Waals surface area contributed by atoms with Crippen molar-refractivity contribution in [1.82, 2.24) is 0 Å². The van der Waals surface area contributed by atoms with Crippen LogP contribution in [0.2, 0.25) is 0 Å². The standard InChI is InChI=1S/C59H86O6/c1-4-7-10-13-16-19-21-23-25-27-29-31-33-35-37-40-43-46-49-52-58(61)64-55-56(54-63-57(60)51-48-45-42-39-18-15-12-9-6-3)65-59(62)53-50-47-44-41-38-36-34-32-30-28-26-24-22-20-17-14-11-8-5-2/h7-13,16-21,23-27,29-33,35,37,39,45,48,56H,4-6,14-15,22,28,34,36,38,40-44,46-47,49-55H2,1-3H3/b10-7-,11-8-,12-9-,16-13-,20-17-,21-19-,25-23-,26-24-,29-27+,32-30-,33-31-,37-35-,39-18-,48-45-. The summed E-state index contributed by atoms with van der Waals surface area (Å²) >= 11 is 0. The Kier molecular flexibility index (Phi) is 47.3. The Balaban J connectivity index is 4.56. The Morgan fingerprint density at radius 3 is 1.20 bits per heavy atom. The maximum atomic E-state index is 12.8. The van der Waals surface area contributed by atoms with Gasteiger partial charge >= 0.3 is 17.9 Å². The summed E-state index contributed by atoms with van der Waals surface area (Å²) in [5.41, 5.74) is 0. The molecule has 65 heavy (non-hydrogen) atoms. The molecule has 0 saturated heterocycles. The van der Waals surface area contributed by atoms with Crippen LogP contribution in [0.3, 0.4) is 0 Å². The van der Waals surface area contributed by atoms with Crippen molar-refractivity contribution in [3.63, 3.8) is 0 Å². The first-order valence-corrected chi connectivity index (χ1v) is 24.7. The maximum Gasteiger partial charge on any atom is 0.309 e. The van der Waals surface area contributed by atoms with E-state index in [1.807, 2.05) is 79.0 Å². The molecule has 0 aliphatic rings. The molecule has 0 rings (SSSR count).